The molecule has 3 heteroatoms. The van der Waals surface area contributed by atoms with Crippen molar-refractivity contribution in [3.63, 3.8) is 0 Å². The second-order valence-electron chi connectivity index (χ2n) is 4.47. The van der Waals surface area contributed by atoms with Gasteiger partial charge in [0.05, 0.1) is 11.5 Å². The summed E-state index contributed by atoms with van der Waals surface area (Å²) in [5.74, 6) is -1.37. The van der Waals surface area contributed by atoms with Gasteiger partial charge in [0.2, 0.25) is 0 Å². The predicted molar refractivity (Wildman–Crippen MR) is 57.5 cm³/mol. The highest BCUT2D eigenvalue weighted by atomic mass is 16.4. The zero-order valence-electron chi connectivity index (χ0n) is 8.90. The summed E-state index contributed by atoms with van der Waals surface area (Å²) in [6.07, 6.45) is 0. The van der Waals surface area contributed by atoms with Crippen LogP contribution in [0.2, 0.25) is 0 Å². The smallest absolute Gasteiger partial charge is 0.309 e. The normalized spacial score (nSPS) is 33.8. The largest absolute Gasteiger partial charge is 0.481 e. The standard InChI is InChI=1S/C12H15NO2/c1-7-8-5-3-4-6-9(8)12(2,13)10(7)11(14)15/h3-7,10H,13H2,1-2H3,(H,14,15). The fourth-order valence-electron chi connectivity index (χ4n) is 2.72. The first kappa shape index (κ1) is 10.2. The van der Waals surface area contributed by atoms with E-state index in [-0.39, 0.29) is 5.92 Å². The first-order valence-corrected chi connectivity index (χ1v) is 5.07. The molecule has 0 heterocycles. The van der Waals surface area contributed by atoms with Gasteiger partial charge in [-0.3, -0.25) is 4.79 Å². The highest BCUT2D eigenvalue weighted by Crippen LogP contribution is 2.47. The van der Waals surface area contributed by atoms with Gasteiger partial charge in [0, 0.05) is 0 Å². The number of nitrogens with two attached hydrogens (primary N) is 1. The minimum absolute atomic E-state index is 0.0197. The summed E-state index contributed by atoms with van der Waals surface area (Å²) < 4.78 is 0. The fourth-order valence-corrected chi connectivity index (χ4v) is 2.72. The number of benzene rings is 1. The average molecular weight is 205 g/mol. The van der Waals surface area contributed by atoms with Gasteiger partial charge in [0.25, 0.3) is 0 Å². The third-order valence-corrected chi connectivity index (χ3v) is 3.44. The van der Waals surface area contributed by atoms with Crippen LogP contribution in [0, 0.1) is 5.92 Å². The SMILES string of the molecule is CC1c2ccccc2C(C)(N)C1C(=O)O. The number of hydrogen-bond donors (Lipinski definition) is 2. The van der Waals surface area contributed by atoms with E-state index in [1.165, 1.54) is 0 Å². The van der Waals surface area contributed by atoms with Crippen LogP contribution in [-0.2, 0) is 10.3 Å². The van der Waals surface area contributed by atoms with Gasteiger partial charge in [0.15, 0.2) is 0 Å². The van der Waals surface area contributed by atoms with Crippen LogP contribution in [0.1, 0.15) is 30.9 Å². The maximum atomic E-state index is 11.2. The molecule has 0 aromatic heterocycles. The molecule has 1 aromatic rings. The Morgan fingerprint density at radius 2 is 2.07 bits per heavy atom. The second-order valence-corrected chi connectivity index (χ2v) is 4.47. The number of carboxylic acids is 1. The molecule has 80 valence electrons. The van der Waals surface area contributed by atoms with Gasteiger partial charge in [-0.1, -0.05) is 31.2 Å². The van der Waals surface area contributed by atoms with E-state index < -0.39 is 17.4 Å². The van der Waals surface area contributed by atoms with Crippen LogP contribution < -0.4 is 5.73 Å². The highest BCUT2D eigenvalue weighted by Gasteiger charge is 2.48. The van der Waals surface area contributed by atoms with E-state index >= 15 is 0 Å². The second kappa shape index (κ2) is 3.07. The molecule has 3 unspecified atom stereocenters. The predicted octanol–water partition coefficient (Wildman–Crippen LogP) is 1.68. The lowest BCUT2D eigenvalue weighted by Gasteiger charge is -2.26. The Hall–Kier alpha value is -1.35. The summed E-state index contributed by atoms with van der Waals surface area (Å²) >= 11 is 0. The molecule has 0 amide bonds. The Kier molecular flexibility index (Phi) is 2.08. The van der Waals surface area contributed by atoms with Crippen molar-refractivity contribution in [1.29, 1.82) is 0 Å². The summed E-state index contributed by atoms with van der Waals surface area (Å²) in [4.78, 5) is 11.2. The molecule has 0 bridgehead atoms. The van der Waals surface area contributed by atoms with E-state index in [0.717, 1.165) is 11.1 Å². The Morgan fingerprint density at radius 1 is 1.47 bits per heavy atom. The molecule has 15 heavy (non-hydrogen) atoms. The average Bonchev–Trinajstić information content (AvgIpc) is 2.36. The number of carbonyl (C=O) groups is 1. The summed E-state index contributed by atoms with van der Waals surface area (Å²) in [5.41, 5.74) is 7.41. The Labute approximate surface area is 88.9 Å². The molecule has 0 saturated carbocycles. The van der Waals surface area contributed by atoms with Gasteiger partial charge < -0.3 is 10.8 Å². The summed E-state index contributed by atoms with van der Waals surface area (Å²) in [6.45, 7) is 3.73. The van der Waals surface area contributed by atoms with Crippen LogP contribution in [0.4, 0.5) is 0 Å². The van der Waals surface area contributed by atoms with Crippen LogP contribution in [-0.4, -0.2) is 11.1 Å². The molecule has 2 rings (SSSR count). The minimum atomic E-state index is -0.816. The van der Waals surface area contributed by atoms with Crippen molar-refractivity contribution in [3.8, 4) is 0 Å². The Balaban J connectivity index is 2.59. The molecular weight excluding hydrogens is 190 g/mol. The monoisotopic (exact) mass is 205 g/mol. The molecule has 3 nitrogen and oxygen atoms in total. The number of hydrogen-bond acceptors (Lipinski definition) is 2. The molecule has 0 spiro atoms. The van der Waals surface area contributed by atoms with Gasteiger partial charge in [0.1, 0.15) is 0 Å². The Morgan fingerprint density at radius 3 is 2.60 bits per heavy atom. The van der Waals surface area contributed by atoms with Crippen molar-refractivity contribution in [1.82, 2.24) is 0 Å². The molecule has 3 atom stereocenters. The van der Waals surface area contributed by atoms with Gasteiger partial charge in [-0.25, -0.2) is 0 Å². The number of rotatable bonds is 1. The first-order chi connectivity index (χ1) is 6.96. The number of fused-ring (bicyclic) bond motifs is 1. The van der Waals surface area contributed by atoms with Crippen LogP contribution in [0.5, 0.6) is 0 Å². The minimum Gasteiger partial charge on any atom is -0.481 e. The zero-order chi connectivity index (χ0) is 11.2. The molecule has 0 saturated heterocycles. The molecule has 1 aromatic carbocycles. The third kappa shape index (κ3) is 1.27. The van der Waals surface area contributed by atoms with Crippen molar-refractivity contribution in [2.45, 2.75) is 25.3 Å². The van der Waals surface area contributed by atoms with E-state index in [4.69, 9.17) is 5.73 Å². The van der Waals surface area contributed by atoms with Crippen LogP contribution in [0.25, 0.3) is 0 Å². The van der Waals surface area contributed by atoms with Crippen molar-refractivity contribution < 1.29 is 9.90 Å². The summed E-state index contributed by atoms with van der Waals surface area (Å²) in [7, 11) is 0. The fraction of sp³-hybridized carbons (Fsp3) is 0.417. The molecular formula is C12H15NO2. The maximum Gasteiger partial charge on any atom is 0.309 e. The van der Waals surface area contributed by atoms with Gasteiger partial charge >= 0.3 is 5.97 Å². The van der Waals surface area contributed by atoms with Crippen LogP contribution >= 0.6 is 0 Å². The number of carboxylic acid groups (broad SMARTS) is 1. The lowest BCUT2D eigenvalue weighted by Crippen LogP contribution is -2.42. The maximum absolute atomic E-state index is 11.2. The zero-order valence-corrected chi connectivity index (χ0v) is 8.90. The van der Waals surface area contributed by atoms with Gasteiger partial charge in [-0.2, -0.15) is 0 Å². The highest BCUT2D eigenvalue weighted by molar-refractivity contribution is 5.76. The van der Waals surface area contributed by atoms with Crippen molar-refractivity contribution in [2.24, 2.45) is 11.7 Å². The van der Waals surface area contributed by atoms with Crippen molar-refractivity contribution in [3.05, 3.63) is 35.4 Å². The lowest BCUT2D eigenvalue weighted by molar-refractivity contribution is -0.144. The molecule has 1 aliphatic carbocycles. The van der Waals surface area contributed by atoms with E-state index in [1.807, 2.05) is 31.2 Å². The van der Waals surface area contributed by atoms with E-state index in [1.54, 1.807) is 6.92 Å². The molecule has 1 aliphatic rings. The van der Waals surface area contributed by atoms with Crippen molar-refractivity contribution in [2.75, 3.05) is 0 Å². The molecule has 0 radical (unpaired) electrons. The molecule has 0 fully saturated rings. The van der Waals surface area contributed by atoms with Gasteiger partial charge in [-0.15, -0.1) is 0 Å². The quantitative estimate of drug-likeness (QED) is 0.733. The third-order valence-electron chi connectivity index (χ3n) is 3.44. The van der Waals surface area contributed by atoms with Crippen LogP contribution in [0.3, 0.4) is 0 Å². The van der Waals surface area contributed by atoms with Gasteiger partial charge in [-0.05, 0) is 24.0 Å². The molecule has 3 N–H and O–H groups in total. The number of aliphatic carboxylic acids is 1. The lowest BCUT2D eigenvalue weighted by atomic mass is 9.83. The molecule has 0 aliphatic heterocycles. The van der Waals surface area contributed by atoms with Crippen LogP contribution in [0.15, 0.2) is 24.3 Å². The summed E-state index contributed by atoms with van der Waals surface area (Å²) in [6, 6.07) is 7.72. The van der Waals surface area contributed by atoms with E-state index in [0.29, 0.717) is 0 Å². The van der Waals surface area contributed by atoms with Crippen molar-refractivity contribution >= 4 is 5.97 Å². The first-order valence-electron chi connectivity index (χ1n) is 5.07. The van der Waals surface area contributed by atoms with E-state index in [2.05, 4.69) is 0 Å². The Bertz CT molecular complexity index is 412. The topological polar surface area (TPSA) is 63.3 Å². The van der Waals surface area contributed by atoms with E-state index in [9.17, 15) is 9.90 Å². The summed E-state index contributed by atoms with van der Waals surface area (Å²) in [5, 5.41) is 9.21.